The van der Waals surface area contributed by atoms with Crippen LogP contribution in [0.25, 0.3) is 0 Å². The van der Waals surface area contributed by atoms with Gasteiger partial charge in [-0.25, -0.2) is 9.18 Å². The first kappa shape index (κ1) is 10.9. The van der Waals surface area contributed by atoms with Crippen molar-refractivity contribution in [3.05, 3.63) is 0 Å². The van der Waals surface area contributed by atoms with Gasteiger partial charge in [0.2, 0.25) is 0 Å². The molecule has 0 radical (unpaired) electrons. The Morgan fingerprint density at radius 3 is 2.50 bits per heavy atom. The number of nitrogens with zero attached hydrogens (tertiary/aromatic N) is 1. The first-order chi connectivity index (χ1) is 6.29. The lowest BCUT2D eigenvalue weighted by Gasteiger charge is -2.23. The van der Waals surface area contributed by atoms with E-state index in [1.165, 1.54) is 0 Å². The van der Waals surface area contributed by atoms with Gasteiger partial charge in [-0.1, -0.05) is 0 Å². The molecule has 0 aliphatic carbocycles. The smallest absolute Gasteiger partial charge is 0.410 e. The number of hydrogen-bond donors (Lipinski definition) is 0. The van der Waals surface area contributed by atoms with Crippen molar-refractivity contribution in [2.24, 2.45) is 0 Å². The maximum absolute atomic E-state index is 12.8. The van der Waals surface area contributed by atoms with Crippen molar-refractivity contribution < 1.29 is 18.7 Å². The van der Waals surface area contributed by atoms with Crippen LogP contribution in [0, 0.1) is 0 Å². The summed E-state index contributed by atoms with van der Waals surface area (Å²) in [6.45, 7) is 4.78. The molecule has 1 fully saturated rings. The summed E-state index contributed by atoms with van der Waals surface area (Å²) >= 11 is 0. The summed E-state index contributed by atoms with van der Waals surface area (Å²) in [5, 5.41) is 0. The average Bonchev–Trinajstić information content (AvgIpc) is 2.28. The summed E-state index contributed by atoms with van der Waals surface area (Å²) in [7, 11) is 0. The summed E-state index contributed by atoms with van der Waals surface area (Å²) in [5.41, 5.74) is -0.617. The van der Waals surface area contributed by atoms with Crippen molar-refractivity contribution in [2.45, 2.75) is 32.5 Å². The van der Waals surface area contributed by atoms with Crippen LogP contribution in [0.15, 0.2) is 0 Å². The molecule has 1 atom stereocenters. The monoisotopic (exact) mass is 203 g/mol. The van der Waals surface area contributed by atoms with Crippen molar-refractivity contribution >= 4 is 11.9 Å². The number of alkyl halides is 1. The number of halogens is 1. The lowest BCUT2D eigenvalue weighted by Crippen LogP contribution is -2.35. The van der Waals surface area contributed by atoms with Gasteiger partial charge in [0.05, 0.1) is 13.1 Å². The number of carbonyl (C=O) groups is 2. The molecular weight excluding hydrogens is 189 g/mol. The second-order valence-corrected chi connectivity index (χ2v) is 4.29. The Morgan fingerprint density at radius 1 is 1.57 bits per heavy atom. The van der Waals surface area contributed by atoms with E-state index in [1.54, 1.807) is 20.8 Å². The molecule has 1 amide bonds. The minimum absolute atomic E-state index is 0.184. The molecule has 1 aliphatic rings. The Labute approximate surface area is 82.0 Å². The molecule has 0 saturated carbocycles. The van der Waals surface area contributed by atoms with E-state index in [-0.39, 0.29) is 13.1 Å². The van der Waals surface area contributed by atoms with Crippen LogP contribution in [0.4, 0.5) is 9.18 Å². The van der Waals surface area contributed by atoms with Crippen LogP contribution in [-0.4, -0.2) is 41.6 Å². The van der Waals surface area contributed by atoms with Crippen LogP contribution in [0.5, 0.6) is 0 Å². The zero-order chi connectivity index (χ0) is 10.9. The number of carbonyl (C=O) groups excluding carboxylic acids is 2. The highest BCUT2D eigenvalue weighted by Gasteiger charge is 2.35. The topological polar surface area (TPSA) is 46.6 Å². The number of Topliss-reactive ketones (excluding diaryl/α,β-unsaturated/α-hetero) is 1. The van der Waals surface area contributed by atoms with Gasteiger partial charge in [-0.3, -0.25) is 9.69 Å². The summed E-state index contributed by atoms with van der Waals surface area (Å²) in [4.78, 5) is 23.2. The summed E-state index contributed by atoms with van der Waals surface area (Å²) in [6, 6.07) is 0. The van der Waals surface area contributed by atoms with Gasteiger partial charge in [-0.05, 0) is 20.8 Å². The fraction of sp³-hybridized carbons (Fsp3) is 0.778. The highest BCUT2D eigenvalue weighted by molar-refractivity contribution is 5.91. The van der Waals surface area contributed by atoms with Crippen LogP contribution < -0.4 is 0 Å². The Hall–Kier alpha value is -1.13. The van der Waals surface area contributed by atoms with E-state index in [0.717, 1.165) is 4.90 Å². The predicted molar refractivity (Wildman–Crippen MR) is 47.7 cm³/mol. The van der Waals surface area contributed by atoms with Crippen LogP contribution in [0.1, 0.15) is 20.8 Å². The van der Waals surface area contributed by atoms with Gasteiger partial charge >= 0.3 is 6.09 Å². The van der Waals surface area contributed by atoms with E-state index < -0.39 is 23.6 Å². The minimum atomic E-state index is -1.55. The molecule has 80 valence electrons. The molecule has 1 unspecified atom stereocenters. The van der Waals surface area contributed by atoms with E-state index in [4.69, 9.17) is 4.74 Å². The Morgan fingerprint density at radius 2 is 2.14 bits per heavy atom. The largest absolute Gasteiger partial charge is 0.444 e. The number of amides is 1. The standard InChI is InChI=1S/C9H14FNO3/c1-9(2,3)14-8(13)11-4-6(10)7(12)5-11/h6H,4-5H2,1-3H3. The van der Waals surface area contributed by atoms with Crippen LogP contribution in [0.2, 0.25) is 0 Å². The van der Waals surface area contributed by atoms with Gasteiger partial charge < -0.3 is 4.74 Å². The maximum Gasteiger partial charge on any atom is 0.410 e. The van der Waals surface area contributed by atoms with Crippen molar-refractivity contribution in [3.8, 4) is 0 Å². The summed E-state index contributed by atoms with van der Waals surface area (Å²) in [5.74, 6) is -0.559. The molecular formula is C9H14FNO3. The molecule has 0 N–H and O–H groups in total. The van der Waals surface area contributed by atoms with E-state index in [9.17, 15) is 14.0 Å². The Bertz CT molecular complexity index is 259. The second kappa shape index (κ2) is 3.55. The van der Waals surface area contributed by atoms with Gasteiger partial charge in [0.1, 0.15) is 5.60 Å². The summed E-state index contributed by atoms with van der Waals surface area (Å²) < 4.78 is 17.7. The fourth-order valence-electron chi connectivity index (χ4n) is 1.11. The fourth-order valence-corrected chi connectivity index (χ4v) is 1.11. The molecule has 0 aromatic carbocycles. The van der Waals surface area contributed by atoms with Crippen molar-refractivity contribution in [2.75, 3.05) is 13.1 Å². The zero-order valence-electron chi connectivity index (χ0n) is 8.54. The molecule has 1 rings (SSSR count). The van der Waals surface area contributed by atoms with Crippen molar-refractivity contribution in [1.29, 1.82) is 0 Å². The molecule has 0 bridgehead atoms. The molecule has 14 heavy (non-hydrogen) atoms. The number of likely N-dealkylation sites (tertiary alicyclic amines) is 1. The van der Waals surface area contributed by atoms with Crippen molar-refractivity contribution in [3.63, 3.8) is 0 Å². The highest BCUT2D eigenvalue weighted by atomic mass is 19.1. The Balaban J connectivity index is 2.52. The van der Waals surface area contributed by atoms with Crippen LogP contribution in [-0.2, 0) is 9.53 Å². The van der Waals surface area contributed by atoms with E-state index >= 15 is 0 Å². The first-order valence-corrected chi connectivity index (χ1v) is 4.44. The molecule has 0 aromatic heterocycles. The maximum atomic E-state index is 12.8. The first-order valence-electron chi connectivity index (χ1n) is 4.44. The number of rotatable bonds is 0. The van der Waals surface area contributed by atoms with Gasteiger partial charge in [0.15, 0.2) is 12.0 Å². The third-order valence-corrected chi connectivity index (χ3v) is 1.73. The van der Waals surface area contributed by atoms with Gasteiger partial charge in [-0.15, -0.1) is 0 Å². The number of ketones is 1. The number of ether oxygens (including phenoxy) is 1. The van der Waals surface area contributed by atoms with E-state index in [0.29, 0.717) is 0 Å². The average molecular weight is 203 g/mol. The zero-order valence-corrected chi connectivity index (χ0v) is 8.54. The normalized spacial score (nSPS) is 22.7. The SMILES string of the molecule is CC(C)(C)OC(=O)N1CC(=O)C(F)C1. The van der Waals surface area contributed by atoms with Gasteiger partial charge in [-0.2, -0.15) is 0 Å². The van der Waals surface area contributed by atoms with E-state index in [1.807, 2.05) is 0 Å². The minimum Gasteiger partial charge on any atom is -0.444 e. The highest BCUT2D eigenvalue weighted by Crippen LogP contribution is 2.14. The second-order valence-electron chi connectivity index (χ2n) is 4.29. The van der Waals surface area contributed by atoms with E-state index in [2.05, 4.69) is 0 Å². The number of hydrogen-bond acceptors (Lipinski definition) is 3. The molecule has 5 heteroatoms. The molecule has 0 spiro atoms. The Kier molecular flexibility index (Phi) is 2.78. The predicted octanol–water partition coefficient (Wildman–Crippen LogP) is 1.14. The van der Waals surface area contributed by atoms with Gasteiger partial charge in [0.25, 0.3) is 0 Å². The van der Waals surface area contributed by atoms with Crippen LogP contribution in [0.3, 0.4) is 0 Å². The third kappa shape index (κ3) is 2.68. The van der Waals surface area contributed by atoms with Crippen molar-refractivity contribution in [1.82, 2.24) is 4.90 Å². The van der Waals surface area contributed by atoms with Gasteiger partial charge in [0, 0.05) is 0 Å². The molecule has 0 aromatic rings. The summed E-state index contributed by atoms with van der Waals surface area (Å²) in [6.07, 6.45) is -2.19. The molecule has 1 aliphatic heterocycles. The lowest BCUT2D eigenvalue weighted by molar-refractivity contribution is -0.120. The molecule has 1 heterocycles. The molecule has 4 nitrogen and oxygen atoms in total. The quantitative estimate of drug-likeness (QED) is 0.593. The molecule has 1 saturated heterocycles. The third-order valence-electron chi connectivity index (χ3n) is 1.73. The van der Waals surface area contributed by atoms with Crippen LogP contribution >= 0.6 is 0 Å². The lowest BCUT2D eigenvalue weighted by atomic mass is 10.2.